The molecule has 6 heteroatoms. The van der Waals surface area contributed by atoms with Gasteiger partial charge in [-0.25, -0.2) is 0 Å². The minimum Gasteiger partial charge on any atom is -0.484 e. The fourth-order valence-corrected chi connectivity index (χ4v) is 3.17. The van der Waals surface area contributed by atoms with Crippen molar-refractivity contribution in [2.75, 3.05) is 11.9 Å². The zero-order valence-corrected chi connectivity index (χ0v) is 11.9. The van der Waals surface area contributed by atoms with Gasteiger partial charge in [-0.05, 0) is 12.1 Å². The van der Waals surface area contributed by atoms with E-state index in [1.807, 2.05) is 49.1 Å². The Labute approximate surface area is 121 Å². The van der Waals surface area contributed by atoms with Crippen molar-refractivity contribution < 1.29 is 9.53 Å². The molecule has 0 fully saturated rings. The van der Waals surface area contributed by atoms with Crippen LogP contribution in [0.3, 0.4) is 0 Å². The average Bonchev–Trinajstić information content (AvgIpc) is 3.01. The first kappa shape index (κ1) is 13.1. The highest BCUT2D eigenvalue weighted by atomic mass is 32.2. The van der Waals surface area contributed by atoms with Crippen LogP contribution in [0.1, 0.15) is 11.3 Å². The first-order valence-corrected chi connectivity index (χ1v) is 7.49. The maximum Gasteiger partial charge on any atom is 0.263 e. The van der Waals surface area contributed by atoms with E-state index in [1.54, 1.807) is 4.68 Å². The molecule has 0 aliphatic carbocycles. The predicted octanol–water partition coefficient (Wildman–Crippen LogP) is 2.18. The smallest absolute Gasteiger partial charge is 0.263 e. The van der Waals surface area contributed by atoms with Crippen molar-refractivity contribution in [3.8, 4) is 5.75 Å². The highest BCUT2D eigenvalue weighted by Crippen LogP contribution is 2.34. The molecule has 20 heavy (non-hydrogen) atoms. The molecule has 0 saturated carbocycles. The Morgan fingerprint density at radius 1 is 1.40 bits per heavy atom. The standard InChI is InChI=1S/C14H15N3O2S/c1-17-14(11-8-20-9-12(11)16-17)15-13(18)7-19-10-5-3-2-4-6-10/h2-6H,7-9H2,1H3,(H,15,18). The van der Waals surface area contributed by atoms with Crippen molar-refractivity contribution in [1.29, 1.82) is 0 Å². The summed E-state index contributed by atoms with van der Waals surface area (Å²) in [5, 5.41) is 7.29. The molecular weight excluding hydrogens is 274 g/mol. The summed E-state index contributed by atoms with van der Waals surface area (Å²) in [4.78, 5) is 12.0. The van der Waals surface area contributed by atoms with Gasteiger partial charge in [0.2, 0.25) is 0 Å². The monoisotopic (exact) mass is 289 g/mol. The SMILES string of the molecule is Cn1nc2c(c1NC(=O)COc1ccccc1)CSC2. The number of benzene rings is 1. The number of thioether (sulfide) groups is 1. The number of aryl methyl sites for hydroxylation is 1. The Bertz CT molecular complexity index is 625. The van der Waals surface area contributed by atoms with Crippen LogP contribution in [-0.4, -0.2) is 22.3 Å². The Morgan fingerprint density at radius 3 is 3.00 bits per heavy atom. The second kappa shape index (κ2) is 5.58. The minimum absolute atomic E-state index is 0.00287. The van der Waals surface area contributed by atoms with Crippen LogP contribution in [0.25, 0.3) is 0 Å². The molecule has 3 rings (SSSR count). The number of ether oxygens (including phenoxy) is 1. The number of hydrogen-bond acceptors (Lipinski definition) is 4. The van der Waals surface area contributed by atoms with Gasteiger partial charge in [0.25, 0.3) is 5.91 Å². The number of para-hydroxylation sites is 1. The van der Waals surface area contributed by atoms with Crippen molar-refractivity contribution in [3.63, 3.8) is 0 Å². The van der Waals surface area contributed by atoms with Gasteiger partial charge in [0.1, 0.15) is 11.6 Å². The van der Waals surface area contributed by atoms with Crippen molar-refractivity contribution in [2.45, 2.75) is 11.5 Å². The van der Waals surface area contributed by atoms with Gasteiger partial charge < -0.3 is 10.1 Å². The van der Waals surface area contributed by atoms with Gasteiger partial charge in [-0.3, -0.25) is 9.48 Å². The lowest BCUT2D eigenvalue weighted by Crippen LogP contribution is -2.22. The van der Waals surface area contributed by atoms with E-state index in [1.165, 1.54) is 0 Å². The largest absolute Gasteiger partial charge is 0.484 e. The Balaban J connectivity index is 1.62. The zero-order chi connectivity index (χ0) is 13.9. The van der Waals surface area contributed by atoms with Crippen molar-refractivity contribution >= 4 is 23.5 Å². The van der Waals surface area contributed by atoms with Crippen molar-refractivity contribution in [3.05, 3.63) is 41.6 Å². The van der Waals surface area contributed by atoms with E-state index in [-0.39, 0.29) is 12.5 Å². The zero-order valence-electron chi connectivity index (χ0n) is 11.1. The Morgan fingerprint density at radius 2 is 2.20 bits per heavy atom. The quantitative estimate of drug-likeness (QED) is 0.937. The van der Waals surface area contributed by atoms with Gasteiger partial charge in [-0.15, -0.1) is 0 Å². The number of nitrogens with zero attached hydrogens (tertiary/aromatic N) is 2. The first-order valence-electron chi connectivity index (χ1n) is 6.34. The summed E-state index contributed by atoms with van der Waals surface area (Å²) in [6.45, 7) is -0.00287. The lowest BCUT2D eigenvalue weighted by atomic mass is 10.3. The maximum atomic E-state index is 12.0. The fraction of sp³-hybridized carbons (Fsp3) is 0.286. The molecule has 1 aliphatic rings. The lowest BCUT2D eigenvalue weighted by molar-refractivity contribution is -0.118. The Kier molecular flexibility index (Phi) is 3.64. The average molecular weight is 289 g/mol. The van der Waals surface area contributed by atoms with Crippen molar-refractivity contribution in [2.24, 2.45) is 7.05 Å². The highest BCUT2D eigenvalue weighted by Gasteiger charge is 2.22. The summed E-state index contributed by atoms with van der Waals surface area (Å²) >= 11 is 1.81. The van der Waals surface area contributed by atoms with Gasteiger partial charge in [0.15, 0.2) is 6.61 Å². The third-order valence-electron chi connectivity index (χ3n) is 3.08. The molecule has 0 unspecified atom stereocenters. The Hall–Kier alpha value is -1.95. The number of carbonyl (C=O) groups excluding carboxylic acids is 1. The van der Waals surface area contributed by atoms with Crippen LogP contribution >= 0.6 is 11.8 Å². The van der Waals surface area contributed by atoms with E-state index in [9.17, 15) is 4.79 Å². The van der Waals surface area contributed by atoms with E-state index in [2.05, 4.69) is 10.4 Å². The topological polar surface area (TPSA) is 56.2 Å². The first-order chi connectivity index (χ1) is 9.74. The number of fused-ring (bicyclic) bond motifs is 1. The molecule has 104 valence electrons. The van der Waals surface area contributed by atoms with Crippen LogP contribution in [-0.2, 0) is 23.3 Å². The van der Waals surface area contributed by atoms with Gasteiger partial charge in [-0.1, -0.05) is 18.2 Å². The maximum absolute atomic E-state index is 12.0. The molecule has 0 saturated heterocycles. The van der Waals surface area contributed by atoms with Gasteiger partial charge in [-0.2, -0.15) is 16.9 Å². The van der Waals surface area contributed by atoms with Crippen LogP contribution in [0.4, 0.5) is 5.82 Å². The second-order valence-corrected chi connectivity index (χ2v) is 5.53. The third kappa shape index (κ3) is 2.65. The summed E-state index contributed by atoms with van der Waals surface area (Å²) in [5.74, 6) is 3.12. The van der Waals surface area contributed by atoms with Crippen molar-refractivity contribution in [1.82, 2.24) is 9.78 Å². The number of anilines is 1. The van der Waals surface area contributed by atoms with Crippen LogP contribution in [0, 0.1) is 0 Å². The molecule has 1 amide bonds. The van der Waals surface area contributed by atoms with E-state index in [0.29, 0.717) is 5.75 Å². The van der Waals surface area contributed by atoms with E-state index in [0.717, 1.165) is 28.6 Å². The fourth-order valence-electron chi connectivity index (χ4n) is 2.13. The van der Waals surface area contributed by atoms with Gasteiger partial charge in [0.05, 0.1) is 5.69 Å². The number of nitrogens with one attached hydrogen (secondary N) is 1. The molecule has 2 aromatic rings. The molecule has 2 heterocycles. The molecule has 0 spiro atoms. The second-order valence-electron chi connectivity index (χ2n) is 4.54. The number of carbonyl (C=O) groups is 1. The normalized spacial score (nSPS) is 13.1. The number of amides is 1. The van der Waals surface area contributed by atoms with Crippen LogP contribution in [0.15, 0.2) is 30.3 Å². The number of hydrogen-bond donors (Lipinski definition) is 1. The van der Waals surface area contributed by atoms with E-state index >= 15 is 0 Å². The van der Waals surface area contributed by atoms with Crippen LogP contribution in [0.2, 0.25) is 0 Å². The number of aromatic nitrogens is 2. The molecule has 0 atom stereocenters. The van der Waals surface area contributed by atoms with E-state index in [4.69, 9.17) is 4.74 Å². The predicted molar refractivity (Wildman–Crippen MR) is 78.8 cm³/mol. The minimum atomic E-state index is -0.170. The summed E-state index contributed by atoms with van der Waals surface area (Å²) in [6, 6.07) is 9.30. The number of rotatable bonds is 4. The molecule has 1 N–H and O–H groups in total. The highest BCUT2D eigenvalue weighted by molar-refractivity contribution is 7.98. The molecule has 1 aromatic heterocycles. The summed E-state index contributed by atoms with van der Waals surface area (Å²) in [6.07, 6.45) is 0. The molecule has 1 aliphatic heterocycles. The van der Waals surface area contributed by atoms with Gasteiger partial charge in [0, 0.05) is 24.1 Å². The van der Waals surface area contributed by atoms with Crippen LogP contribution < -0.4 is 10.1 Å². The molecule has 0 radical (unpaired) electrons. The molecule has 0 bridgehead atoms. The van der Waals surface area contributed by atoms with E-state index < -0.39 is 0 Å². The summed E-state index contributed by atoms with van der Waals surface area (Å²) in [5.41, 5.74) is 2.20. The molecular formula is C14H15N3O2S. The lowest BCUT2D eigenvalue weighted by Gasteiger charge is -2.08. The molecule has 1 aromatic carbocycles. The summed E-state index contributed by atoms with van der Waals surface area (Å²) in [7, 11) is 1.84. The van der Waals surface area contributed by atoms with Gasteiger partial charge >= 0.3 is 0 Å². The summed E-state index contributed by atoms with van der Waals surface area (Å²) < 4.78 is 7.16. The molecule has 5 nitrogen and oxygen atoms in total. The van der Waals surface area contributed by atoms with Crippen LogP contribution in [0.5, 0.6) is 5.75 Å². The third-order valence-corrected chi connectivity index (χ3v) is 4.06.